The van der Waals surface area contributed by atoms with E-state index in [0.717, 1.165) is 16.8 Å². The number of benzene rings is 1. The lowest BCUT2D eigenvalue weighted by atomic mass is 10.1. The van der Waals surface area contributed by atoms with Crippen molar-refractivity contribution in [2.75, 3.05) is 0 Å². The summed E-state index contributed by atoms with van der Waals surface area (Å²) in [5.74, 6) is 0. The first-order valence-electron chi connectivity index (χ1n) is 4.62. The molecule has 0 bridgehead atoms. The highest BCUT2D eigenvalue weighted by molar-refractivity contribution is 6.33. The predicted octanol–water partition coefficient (Wildman–Crippen LogP) is 2.89. The van der Waals surface area contributed by atoms with Crippen LogP contribution in [0.3, 0.4) is 0 Å². The molecular weight excluding hydrogens is 210 g/mol. The average molecular weight is 220 g/mol. The van der Waals surface area contributed by atoms with Crippen LogP contribution < -0.4 is 0 Å². The summed E-state index contributed by atoms with van der Waals surface area (Å²) >= 11 is 6.03. The number of nitrogens with zero attached hydrogens (tertiary/aromatic N) is 1. The molecule has 0 radical (unpaired) electrons. The van der Waals surface area contributed by atoms with Gasteiger partial charge in [0.15, 0.2) is 0 Å². The van der Waals surface area contributed by atoms with E-state index in [1.165, 1.54) is 0 Å². The first-order valence-corrected chi connectivity index (χ1v) is 5.00. The van der Waals surface area contributed by atoms with Crippen LogP contribution in [-0.2, 0) is 6.61 Å². The summed E-state index contributed by atoms with van der Waals surface area (Å²) in [5, 5.41) is 9.64. The van der Waals surface area contributed by atoms with Gasteiger partial charge in [0.1, 0.15) is 0 Å². The Morgan fingerprint density at radius 1 is 1.20 bits per heavy atom. The molecule has 2 nitrogen and oxygen atoms in total. The smallest absolute Gasteiger partial charge is 0.0888 e. The number of hydrogen-bond donors (Lipinski definition) is 1. The van der Waals surface area contributed by atoms with Crippen LogP contribution in [0.25, 0.3) is 11.3 Å². The molecule has 0 saturated heterocycles. The summed E-state index contributed by atoms with van der Waals surface area (Å²) in [6, 6.07) is 11.1. The molecule has 0 amide bonds. The van der Waals surface area contributed by atoms with Gasteiger partial charge in [0.25, 0.3) is 0 Å². The van der Waals surface area contributed by atoms with Crippen molar-refractivity contribution in [3.63, 3.8) is 0 Å². The monoisotopic (exact) mass is 219 g/mol. The van der Waals surface area contributed by atoms with Crippen molar-refractivity contribution in [3.05, 3.63) is 53.2 Å². The van der Waals surface area contributed by atoms with Gasteiger partial charge in [-0.2, -0.15) is 0 Å². The quantitative estimate of drug-likeness (QED) is 0.843. The summed E-state index contributed by atoms with van der Waals surface area (Å²) in [4.78, 5) is 4.21. The largest absolute Gasteiger partial charge is 0.392 e. The van der Waals surface area contributed by atoms with E-state index in [9.17, 15) is 0 Å². The molecule has 0 fully saturated rings. The van der Waals surface area contributed by atoms with Gasteiger partial charge >= 0.3 is 0 Å². The highest BCUT2D eigenvalue weighted by atomic mass is 35.5. The molecule has 1 N–H and O–H groups in total. The third kappa shape index (κ3) is 2.17. The van der Waals surface area contributed by atoms with Gasteiger partial charge in [0.05, 0.1) is 17.3 Å². The first-order chi connectivity index (χ1) is 7.31. The zero-order valence-electron chi connectivity index (χ0n) is 8.02. The van der Waals surface area contributed by atoms with Crippen molar-refractivity contribution >= 4 is 11.6 Å². The van der Waals surface area contributed by atoms with E-state index in [4.69, 9.17) is 16.7 Å². The number of pyridine rings is 1. The van der Waals surface area contributed by atoms with E-state index < -0.39 is 0 Å². The second-order valence-corrected chi connectivity index (χ2v) is 3.60. The molecule has 1 aromatic carbocycles. The van der Waals surface area contributed by atoms with Gasteiger partial charge in [-0.3, -0.25) is 4.98 Å². The number of halogens is 1. The van der Waals surface area contributed by atoms with Crippen LogP contribution in [0.5, 0.6) is 0 Å². The van der Waals surface area contributed by atoms with E-state index >= 15 is 0 Å². The van der Waals surface area contributed by atoms with E-state index in [2.05, 4.69) is 4.98 Å². The maximum atomic E-state index is 9.02. The lowest BCUT2D eigenvalue weighted by Crippen LogP contribution is -1.87. The summed E-state index contributed by atoms with van der Waals surface area (Å²) in [6.07, 6.45) is 1.70. The second kappa shape index (κ2) is 4.43. The van der Waals surface area contributed by atoms with Crippen LogP contribution in [0.15, 0.2) is 42.6 Å². The first kappa shape index (κ1) is 10.1. The van der Waals surface area contributed by atoms with E-state index in [-0.39, 0.29) is 6.61 Å². The average Bonchev–Trinajstić information content (AvgIpc) is 2.30. The summed E-state index contributed by atoms with van der Waals surface area (Å²) in [7, 11) is 0. The van der Waals surface area contributed by atoms with Crippen LogP contribution in [0, 0.1) is 0 Å². The van der Waals surface area contributed by atoms with Crippen molar-refractivity contribution < 1.29 is 5.11 Å². The Bertz CT molecular complexity index is 471. The molecule has 0 unspecified atom stereocenters. The van der Waals surface area contributed by atoms with Crippen LogP contribution in [0.2, 0.25) is 5.02 Å². The van der Waals surface area contributed by atoms with Crippen LogP contribution in [0.1, 0.15) is 5.56 Å². The number of aliphatic hydroxyl groups is 1. The second-order valence-electron chi connectivity index (χ2n) is 3.19. The number of aromatic nitrogens is 1. The molecule has 0 aliphatic rings. The fourth-order valence-electron chi connectivity index (χ4n) is 1.42. The highest BCUT2D eigenvalue weighted by Gasteiger charge is 2.04. The third-order valence-electron chi connectivity index (χ3n) is 2.14. The van der Waals surface area contributed by atoms with Crippen molar-refractivity contribution in [1.82, 2.24) is 4.98 Å². The normalized spacial score (nSPS) is 10.3. The standard InChI is InChI=1S/C12H10ClNO/c13-11-5-2-6-14-12(11)10-4-1-3-9(7-10)8-15/h1-7,15H,8H2. The van der Waals surface area contributed by atoms with Gasteiger partial charge in [-0.05, 0) is 23.8 Å². The summed E-state index contributed by atoms with van der Waals surface area (Å²) in [5.41, 5.74) is 2.52. The molecule has 0 aliphatic carbocycles. The number of aliphatic hydroxyl groups excluding tert-OH is 1. The van der Waals surface area contributed by atoms with Crippen molar-refractivity contribution in [3.8, 4) is 11.3 Å². The van der Waals surface area contributed by atoms with Crippen molar-refractivity contribution in [2.45, 2.75) is 6.61 Å². The van der Waals surface area contributed by atoms with Crippen LogP contribution >= 0.6 is 11.6 Å². The van der Waals surface area contributed by atoms with Gasteiger partial charge in [0.2, 0.25) is 0 Å². The number of hydrogen-bond acceptors (Lipinski definition) is 2. The third-order valence-corrected chi connectivity index (χ3v) is 2.45. The maximum Gasteiger partial charge on any atom is 0.0888 e. The Hall–Kier alpha value is -1.38. The molecule has 0 atom stereocenters. The zero-order chi connectivity index (χ0) is 10.7. The van der Waals surface area contributed by atoms with Crippen LogP contribution in [-0.4, -0.2) is 10.1 Å². The molecule has 2 aromatic rings. The molecule has 15 heavy (non-hydrogen) atoms. The van der Waals surface area contributed by atoms with Gasteiger partial charge in [-0.15, -0.1) is 0 Å². The van der Waals surface area contributed by atoms with Crippen molar-refractivity contribution in [1.29, 1.82) is 0 Å². The lowest BCUT2D eigenvalue weighted by Gasteiger charge is -2.04. The van der Waals surface area contributed by atoms with Gasteiger partial charge < -0.3 is 5.11 Å². The Labute approximate surface area is 93.2 Å². The molecule has 1 aromatic heterocycles. The zero-order valence-corrected chi connectivity index (χ0v) is 8.78. The van der Waals surface area contributed by atoms with Crippen LogP contribution in [0.4, 0.5) is 0 Å². The maximum absolute atomic E-state index is 9.02. The van der Waals surface area contributed by atoms with E-state index in [0.29, 0.717) is 5.02 Å². The summed E-state index contributed by atoms with van der Waals surface area (Å²) in [6.45, 7) is 0.0261. The van der Waals surface area contributed by atoms with Gasteiger partial charge in [-0.1, -0.05) is 29.8 Å². The molecule has 1 heterocycles. The predicted molar refractivity (Wildman–Crippen MR) is 60.6 cm³/mol. The minimum Gasteiger partial charge on any atom is -0.392 e. The number of rotatable bonds is 2. The molecular formula is C12H10ClNO. The fourth-order valence-corrected chi connectivity index (χ4v) is 1.65. The Morgan fingerprint density at radius 3 is 2.80 bits per heavy atom. The van der Waals surface area contributed by atoms with E-state index in [1.54, 1.807) is 18.3 Å². The van der Waals surface area contributed by atoms with Gasteiger partial charge in [-0.25, -0.2) is 0 Å². The van der Waals surface area contributed by atoms with Gasteiger partial charge in [0, 0.05) is 11.8 Å². The molecule has 2 rings (SSSR count). The fraction of sp³-hybridized carbons (Fsp3) is 0.0833. The topological polar surface area (TPSA) is 33.1 Å². The van der Waals surface area contributed by atoms with Crippen molar-refractivity contribution in [2.24, 2.45) is 0 Å². The SMILES string of the molecule is OCc1cccc(-c2ncccc2Cl)c1. The highest BCUT2D eigenvalue weighted by Crippen LogP contribution is 2.25. The van der Waals surface area contributed by atoms with E-state index in [1.807, 2.05) is 24.3 Å². The molecule has 0 saturated carbocycles. The minimum absolute atomic E-state index is 0.0261. The molecule has 3 heteroatoms. The summed E-state index contributed by atoms with van der Waals surface area (Å²) < 4.78 is 0. The Kier molecular flexibility index (Phi) is 2.99. The Morgan fingerprint density at radius 2 is 2.07 bits per heavy atom. The minimum atomic E-state index is 0.0261. The lowest BCUT2D eigenvalue weighted by molar-refractivity contribution is 0.282. The molecule has 0 aliphatic heterocycles. The molecule has 0 spiro atoms. The molecule has 76 valence electrons. The Balaban J connectivity index is 2.49.